The second-order valence-corrected chi connectivity index (χ2v) is 9.68. The van der Waals surface area contributed by atoms with Crippen molar-refractivity contribution in [3.63, 3.8) is 0 Å². The van der Waals surface area contributed by atoms with Crippen LogP contribution >= 0.6 is 0 Å². The van der Waals surface area contributed by atoms with Crippen LogP contribution in [0.25, 0.3) is 0 Å². The summed E-state index contributed by atoms with van der Waals surface area (Å²) in [6.07, 6.45) is 3.74. The van der Waals surface area contributed by atoms with E-state index in [0.717, 1.165) is 30.1 Å². The fourth-order valence-electron chi connectivity index (χ4n) is 3.30. The number of amides is 2. The number of sulfone groups is 1. The highest BCUT2D eigenvalue weighted by Gasteiger charge is 2.21. The number of likely N-dealkylation sites (tertiary alicyclic amines) is 1. The van der Waals surface area contributed by atoms with E-state index in [9.17, 15) is 13.2 Å². The van der Waals surface area contributed by atoms with Gasteiger partial charge in [-0.3, -0.25) is 4.90 Å². The van der Waals surface area contributed by atoms with Crippen molar-refractivity contribution in [3.8, 4) is 0 Å². The maximum atomic E-state index is 12.0. The summed E-state index contributed by atoms with van der Waals surface area (Å²) in [4.78, 5) is 14.4. The van der Waals surface area contributed by atoms with Gasteiger partial charge < -0.3 is 10.6 Å². The quantitative estimate of drug-likeness (QED) is 0.759. The predicted octanol–water partition coefficient (Wildman–Crippen LogP) is 2.15. The number of piperidine rings is 1. The van der Waals surface area contributed by atoms with Gasteiger partial charge in [-0.15, -0.1) is 0 Å². The molecule has 146 valence electrons. The molecule has 0 radical (unpaired) electrons. The van der Waals surface area contributed by atoms with Gasteiger partial charge in [0.2, 0.25) is 0 Å². The smallest absolute Gasteiger partial charge is 0.315 e. The fraction of sp³-hybridized carbons (Fsp3) is 0.632. The second-order valence-electron chi connectivity index (χ2n) is 7.54. The van der Waals surface area contributed by atoms with Crippen LogP contribution in [-0.2, 0) is 22.1 Å². The van der Waals surface area contributed by atoms with E-state index in [2.05, 4.69) is 29.4 Å². The highest BCUT2D eigenvalue weighted by Crippen LogP contribution is 2.17. The largest absolute Gasteiger partial charge is 0.337 e. The number of benzene rings is 1. The SMILES string of the molecule is CC1CCCN(C(C)CNC(=O)NCc2ccc(CS(C)(=O)=O)cc2)C1. The molecule has 2 rings (SSSR count). The Labute approximate surface area is 157 Å². The lowest BCUT2D eigenvalue weighted by molar-refractivity contribution is 0.137. The van der Waals surface area contributed by atoms with E-state index in [1.807, 2.05) is 12.1 Å². The Bertz CT molecular complexity index is 688. The standard InChI is InChI=1S/C19H31N3O3S/c1-15-5-4-10-22(13-15)16(2)11-20-19(23)21-12-17-6-8-18(9-7-17)14-26(3,24)25/h6-9,15-16H,4-5,10-14H2,1-3H3,(H2,20,21,23). The summed E-state index contributed by atoms with van der Waals surface area (Å²) < 4.78 is 22.6. The zero-order valence-corrected chi connectivity index (χ0v) is 16.8. The van der Waals surface area contributed by atoms with E-state index in [-0.39, 0.29) is 11.8 Å². The number of rotatable bonds is 7. The fourth-order valence-corrected chi connectivity index (χ4v) is 4.09. The van der Waals surface area contributed by atoms with Crippen LogP contribution in [0.3, 0.4) is 0 Å². The number of urea groups is 1. The van der Waals surface area contributed by atoms with Crippen LogP contribution < -0.4 is 10.6 Å². The molecule has 2 unspecified atom stereocenters. The van der Waals surface area contributed by atoms with Gasteiger partial charge in [0.05, 0.1) is 5.75 Å². The summed E-state index contributed by atoms with van der Waals surface area (Å²) in [6.45, 7) is 7.68. The molecule has 0 bridgehead atoms. The molecule has 1 aromatic rings. The summed E-state index contributed by atoms with van der Waals surface area (Å²) in [6, 6.07) is 7.42. The van der Waals surface area contributed by atoms with Gasteiger partial charge in [0.1, 0.15) is 0 Å². The first kappa shape index (κ1) is 20.7. The molecule has 2 N–H and O–H groups in total. The second kappa shape index (κ2) is 9.37. The molecule has 1 saturated heterocycles. The first-order chi connectivity index (χ1) is 12.2. The highest BCUT2D eigenvalue weighted by molar-refractivity contribution is 7.89. The number of hydrogen-bond acceptors (Lipinski definition) is 4. The minimum atomic E-state index is -3.03. The van der Waals surface area contributed by atoms with Gasteiger partial charge in [-0.1, -0.05) is 31.2 Å². The molecule has 7 heteroatoms. The highest BCUT2D eigenvalue weighted by atomic mass is 32.2. The van der Waals surface area contributed by atoms with E-state index < -0.39 is 9.84 Å². The molecule has 0 aliphatic carbocycles. The Hall–Kier alpha value is -1.60. The monoisotopic (exact) mass is 381 g/mol. The van der Waals surface area contributed by atoms with E-state index in [1.54, 1.807) is 12.1 Å². The van der Waals surface area contributed by atoms with Crippen LogP contribution in [0.1, 0.15) is 37.8 Å². The Balaban J connectivity index is 1.71. The van der Waals surface area contributed by atoms with E-state index in [4.69, 9.17) is 0 Å². The molecule has 2 amide bonds. The molecular weight excluding hydrogens is 350 g/mol. The van der Waals surface area contributed by atoms with Crippen molar-refractivity contribution in [1.29, 1.82) is 0 Å². The van der Waals surface area contributed by atoms with Gasteiger partial charge in [0.15, 0.2) is 9.84 Å². The first-order valence-corrected chi connectivity index (χ1v) is 11.3. The van der Waals surface area contributed by atoms with Crippen molar-refractivity contribution >= 4 is 15.9 Å². The summed E-state index contributed by atoms with van der Waals surface area (Å²) in [5.41, 5.74) is 1.69. The number of nitrogens with zero attached hydrogens (tertiary/aromatic N) is 1. The average Bonchev–Trinajstić information content (AvgIpc) is 2.57. The first-order valence-electron chi connectivity index (χ1n) is 9.24. The maximum Gasteiger partial charge on any atom is 0.315 e. The van der Waals surface area contributed by atoms with Gasteiger partial charge in [0.25, 0.3) is 0 Å². The van der Waals surface area contributed by atoms with Crippen LogP contribution in [-0.4, -0.2) is 51.3 Å². The van der Waals surface area contributed by atoms with Gasteiger partial charge in [-0.25, -0.2) is 13.2 Å². The summed E-state index contributed by atoms with van der Waals surface area (Å²) in [5, 5.41) is 5.78. The molecule has 1 aliphatic heterocycles. The van der Waals surface area contributed by atoms with Crippen molar-refractivity contribution < 1.29 is 13.2 Å². The van der Waals surface area contributed by atoms with E-state index in [1.165, 1.54) is 19.1 Å². The average molecular weight is 382 g/mol. The summed E-state index contributed by atoms with van der Waals surface area (Å²) >= 11 is 0. The number of hydrogen-bond donors (Lipinski definition) is 2. The van der Waals surface area contributed by atoms with Crippen molar-refractivity contribution in [2.24, 2.45) is 5.92 Å². The third kappa shape index (κ3) is 7.33. The van der Waals surface area contributed by atoms with Crippen molar-refractivity contribution in [1.82, 2.24) is 15.5 Å². The lowest BCUT2D eigenvalue weighted by atomic mass is 9.99. The predicted molar refractivity (Wildman–Crippen MR) is 105 cm³/mol. The molecular formula is C19H31N3O3S. The molecule has 1 fully saturated rings. The van der Waals surface area contributed by atoms with Crippen molar-refractivity contribution in [2.75, 3.05) is 25.9 Å². The molecule has 1 heterocycles. The summed E-state index contributed by atoms with van der Waals surface area (Å²) in [5.74, 6) is 0.763. The molecule has 1 aliphatic rings. The van der Waals surface area contributed by atoms with Gasteiger partial charge in [-0.2, -0.15) is 0 Å². The van der Waals surface area contributed by atoms with Gasteiger partial charge in [-0.05, 0) is 43.4 Å². The van der Waals surface area contributed by atoms with Crippen molar-refractivity contribution in [3.05, 3.63) is 35.4 Å². The van der Waals surface area contributed by atoms with Crippen LogP contribution in [0.4, 0.5) is 4.79 Å². The maximum absolute atomic E-state index is 12.0. The third-order valence-electron chi connectivity index (χ3n) is 4.77. The van der Waals surface area contributed by atoms with Gasteiger partial charge >= 0.3 is 6.03 Å². The molecule has 0 spiro atoms. The lowest BCUT2D eigenvalue weighted by Gasteiger charge is -2.35. The lowest BCUT2D eigenvalue weighted by Crippen LogP contribution is -2.48. The Kier molecular flexibility index (Phi) is 7.46. The molecule has 0 saturated carbocycles. The number of carbonyl (C=O) groups excluding carboxylic acids is 1. The molecule has 1 aromatic carbocycles. The minimum absolute atomic E-state index is 0.0359. The molecule has 2 atom stereocenters. The molecule has 6 nitrogen and oxygen atoms in total. The van der Waals surface area contributed by atoms with Crippen LogP contribution in [0, 0.1) is 5.92 Å². The molecule has 26 heavy (non-hydrogen) atoms. The Morgan fingerprint density at radius 3 is 2.50 bits per heavy atom. The number of carbonyl (C=O) groups is 1. The Morgan fingerprint density at radius 2 is 1.88 bits per heavy atom. The molecule has 0 aromatic heterocycles. The van der Waals surface area contributed by atoms with Gasteiger partial charge in [0, 0.05) is 31.9 Å². The van der Waals surface area contributed by atoms with Crippen LogP contribution in [0.15, 0.2) is 24.3 Å². The normalized spacial score (nSPS) is 19.7. The summed E-state index contributed by atoms with van der Waals surface area (Å²) in [7, 11) is -3.03. The van der Waals surface area contributed by atoms with E-state index in [0.29, 0.717) is 19.1 Å². The minimum Gasteiger partial charge on any atom is -0.337 e. The zero-order valence-electron chi connectivity index (χ0n) is 16.0. The topological polar surface area (TPSA) is 78.5 Å². The van der Waals surface area contributed by atoms with Crippen LogP contribution in [0.5, 0.6) is 0 Å². The van der Waals surface area contributed by atoms with Crippen LogP contribution in [0.2, 0.25) is 0 Å². The third-order valence-corrected chi connectivity index (χ3v) is 5.63. The van der Waals surface area contributed by atoms with E-state index >= 15 is 0 Å². The number of nitrogens with one attached hydrogen (secondary N) is 2. The van der Waals surface area contributed by atoms with Crippen molar-refractivity contribution in [2.45, 2.75) is 45.0 Å². The zero-order chi connectivity index (χ0) is 19.2. The Morgan fingerprint density at radius 1 is 1.23 bits per heavy atom.